The summed E-state index contributed by atoms with van der Waals surface area (Å²) in [7, 11) is 1.76. The van der Waals surface area contributed by atoms with E-state index in [0.29, 0.717) is 6.10 Å². The lowest BCUT2D eigenvalue weighted by Gasteiger charge is -2.43. The van der Waals surface area contributed by atoms with Gasteiger partial charge in [0.2, 0.25) is 0 Å². The Morgan fingerprint density at radius 2 is 1.90 bits per heavy atom. The van der Waals surface area contributed by atoms with E-state index >= 15 is 0 Å². The first kappa shape index (κ1) is 16.3. The van der Waals surface area contributed by atoms with Crippen molar-refractivity contribution < 1.29 is 9.47 Å². The predicted octanol–water partition coefficient (Wildman–Crippen LogP) is 4.81. The molecule has 0 N–H and O–H groups in total. The van der Waals surface area contributed by atoms with E-state index in [0.717, 1.165) is 31.0 Å². The fourth-order valence-corrected chi connectivity index (χ4v) is 4.44. The number of unbranched alkanes of at least 4 members (excludes halogenated alkanes) is 2. The molecular weight excluding hydrogens is 248 g/mol. The van der Waals surface area contributed by atoms with Crippen LogP contribution >= 0.6 is 0 Å². The second-order valence-electron chi connectivity index (χ2n) is 6.93. The molecule has 0 aromatic carbocycles. The van der Waals surface area contributed by atoms with Crippen LogP contribution in [0.25, 0.3) is 0 Å². The van der Waals surface area contributed by atoms with Gasteiger partial charge >= 0.3 is 0 Å². The van der Waals surface area contributed by atoms with Crippen LogP contribution < -0.4 is 0 Å². The fourth-order valence-electron chi connectivity index (χ4n) is 4.44. The lowest BCUT2D eigenvalue weighted by Crippen LogP contribution is -2.39. The molecule has 0 aromatic heterocycles. The molecule has 0 radical (unpaired) electrons. The quantitative estimate of drug-likeness (QED) is 0.594. The van der Waals surface area contributed by atoms with Crippen LogP contribution in [0.1, 0.15) is 71.1 Å². The second-order valence-corrected chi connectivity index (χ2v) is 6.93. The van der Waals surface area contributed by atoms with Gasteiger partial charge in [0.05, 0.1) is 19.3 Å². The van der Waals surface area contributed by atoms with Gasteiger partial charge in [-0.2, -0.15) is 0 Å². The maximum atomic E-state index is 6.10. The Morgan fingerprint density at radius 1 is 1.00 bits per heavy atom. The van der Waals surface area contributed by atoms with Crippen LogP contribution in [0.2, 0.25) is 0 Å². The van der Waals surface area contributed by atoms with Crippen molar-refractivity contribution in [3.8, 4) is 0 Å². The van der Waals surface area contributed by atoms with Gasteiger partial charge in [-0.1, -0.05) is 45.4 Å². The molecule has 2 aliphatic rings. The van der Waals surface area contributed by atoms with Crippen LogP contribution in [0, 0.1) is 17.8 Å². The minimum Gasteiger partial charge on any atom is -0.382 e. The van der Waals surface area contributed by atoms with Gasteiger partial charge < -0.3 is 9.47 Å². The van der Waals surface area contributed by atoms with Crippen LogP contribution in [-0.2, 0) is 9.47 Å². The molecular formula is C18H34O2. The summed E-state index contributed by atoms with van der Waals surface area (Å²) < 4.78 is 11.2. The van der Waals surface area contributed by atoms with Gasteiger partial charge in [0.1, 0.15) is 0 Å². The van der Waals surface area contributed by atoms with Gasteiger partial charge in [0, 0.05) is 7.11 Å². The van der Waals surface area contributed by atoms with Crippen molar-refractivity contribution in [2.45, 2.75) is 77.2 Å². The zero-order valence-electron chi connectivity index (χ0n) is 13.6. The average Bonchev–Trinajstić information content (AvgIpc) is 2.48. The first-order chi connectivity index (χ1) is 9.85. The van der Waals surface area contributed by atoms with Gasteiger partial charge in [-0.05, 0) is 43.4 Å². The third-order valence-electron chi connectivity index (χ3n) is 5.53. The summed E-state index contributed by atoms with van der Waals surface area (Å²) in [5, 5.41) is 0. The molecule has 2 aliphatic carbocycles. The highest BCUT2D eigenvalue weighted by atomic mass is 16.5. The number of fused-ring (bicyclic) bond motifs is 1. The minimum atomic E-state index is 0.528. The van der Waals surface area contributed by atoms with Crippen molar-refractivity contribution in [2.75, 3.05) is 20.3 Å². The van der Waals surface area contributed by atoms with Crippen LogP contribution in [0.5, 0.6) is 0 Å². The zero-order chi connectivity index (χ0) is 14.2. The van der Waals surface area contributed by atoms with Gasteiger partial charge in [0.15, 0.2) is 0 Å². The molecule has 2 heteroatoms. The largest absolute Gasteiger partial charge is 0.382 e. The molecule has 4 atom stereocenters. The molecule has 0 spiro atoms. The molecule has 0 bridgehead atoms. The summed E-state index contributed by atoms with van der Waals surface area (Å²) in [5.74, 6) is 2.82. The molecule has 2 fully saturated rings. The smallest absolute Gasteiger partial charge is 0.0704 e. The molecule has 0 aromatic rings. The Morgan fingerprint density at radius 3 is 2.70 bits per heavy atom. The van der Waals surface area contributed by atoms with Crippen LogP contribution in [-0.4, -0.2) is 26.4 Å². The van der Waals surface area contributed by atoms with Crippen molar-refractivity contribution in [2.24, 2.45) is 17.8 Å². The maximum Gasteiger partial charge on any atom is 0.0704 e. The van der Waals surface area contributed by atoms with E-state index in [1.165, 1.54) is 64.2 Å². The third kappa shape index (κ3) is 4.73. The van der Waals surface area contributed by atoms with Crippen molar-refractivity contribution in [3.05, 3.63) is 0 Å². The second kappa shape index (κ2) is 9.04. The lowest BCUT2D eigenvalue weighted by molar-refractivity contribution is -0.0667. The molecule has 0 saturated heterocycles. The SMILES string of the molecule is CCCCCC1CCC2C(CCCC2OCCOC)C1. The first-order valence-electron chi connectivity index (χ1n) is 8.95. The van der Waals surface area contributed by atoms with Crippen molar-refractivity contribution in [1.82, 2.24) is 0 Å². The summed E-state index contributed by atoms with van der Waals surface area (Å²) in [6.45, 7) is 3.83. The Kier molecular flexibility index (Phi) is 7.37. The number of hydrogen-bond acceptors (Lipinski definition) is 2. The molecule has 2 saturated carbocycles. The minimum absolute atomic E-state index is 0.528. The summed E-state index contributed by atoms with van der Waals surface area (Å²) in [5.41, 5.74) is 0. The standard InChI is InChI=1S/C18H34O2/c1-3-4-5-7-15-10-11-17-16(14-15)8-6-9-18(17)20-13-12-19-2/h15-18H,3-14H2,1-2H3. The molecule has 2 nitrogen and oxygen atoms in total. The molecule has 0 amide bonds. The average molecular weight is 282 g/mol. The molecule has 4 unspecified atom stereocenters. The Labute approximate surface area is 125 Å². The Hall–Kier alpha value is -0.0800. The number of ether oxygens (including phenoxy) is 2. The fraction of sp³-hybridized carbons (Fsp3) is 1.00. The Bertz CT molecular complexity index is 254. The van der Waals surface area contributed by atoms with E-state index in [2.05, 4.69) is 6.92 Å². The van der Waals surface area contributed by atoms with Crippen LogP contribution in [0.4, 0.5) is 0 Å². The summed E-state index contributed by atoms with van der Waals surface area (Å²) in [6, 6.07) is 0. The summed E-state index contributed by atoms with van der Waals surface area (Å²) >= 11 is 0. The maximum absolute atomic E-state index is 6.10. The normalized spacial score (nSPS) is 33.9. The molecule has 118 valence electrons. The molecule has 0 aliphatic heterocycles. The number of rotatable bonds is 8. The molecule has 2 rings (SSSR count). The highest BCUT2D eigenvalue weighted by Gasteiger charge is 2.38. The van der Waals surface area contributed by atoms with E-state index in [1.54, 1.807) is 7.11 Å². The zero-order valence-corrected chi connectivity index (χ0v) is 13.6. The highest BCUT2D eigenvalue weighted by molar-refractivity contribution is 4.88. The van der Waals surface area contributed by atoms with Gasteiger partial charge in [-0.15, -0.1) is 0 Å². The summed E-state index contributed by atoms with van der Waals surface area (Å²) in [4.78, 5) is 0. The number of methoxy groups -OCH3 is 1. The first-order valence-corrected chi connectivity index (χ1v) is 8.95. The monoisotopic (exact) mass is 282 g/mol. The van der Waals surface area contributed by atoms with Crippen molar-refractivity contribution in [3.63, 3.8) is 0 Å². The lowest BCUT2D eigenvalue weighted by atomic mass is 9.65. The topological polar surface area (TPSA) is 18.5 Å². The van der Waals surface area contributed by atoms with Crippen LogP contribution in [0.3, 0.4) is 0 Å². The third-order valence-corrected chi connectivity index (χ3v) is 5.53. The van der Waals surface area contributed by atoms with E-state index in [9.17, 15) is 0 Å². The van der Waals surface area contributed by atoms with E-state index in [4.69, 9.17) is 9.47 Å². The van der Waals surface area contributed by atoms with Crippen LogP contribution in [0.15, 0.2) is 0 Å². The van der Waals surface area contributed by atoms with Crippen molar-refractivity contribution >= 4 is 0 Å². The molecule has 0 heterocycles. The summed E-state index contributed by atoms with van der Waals surface area (Å²) in [6.07, 6.45) is 14.7. The van der Waals surface area contributed by atoms with Gasteiger partial charge in [-0.25, -0.2) is 0 Å². The number of hydrogen-bond donors (Lipinski definition) is 0. The van der Waals surface area contributed by atoms with E-state index in [1.807, 2.05) is 0 Å². The van der Waals surface area contributed by atoms with E-state index < -0.39 is 0 Å². The highest BCUT2D eigenvalue weighted by Crippen LogP contribution is 2.45. The Balaban J connectivity index is 1.75. The van der Waals surface area contributed by atoms with Gasteiger partial charge in [0.25, 0.3) is 0 Å². The van der Waals surface area contributed by atoms with E-state index in [-0.39, 0.29) is 0 Å². The van der Waals surface area contributed by atoms with Crippen molar-refractivity contribution in [1.29, 1.82) is 0 Å². The predicted molar refractivity (Wildman–Crippen MR) is 83.9 cm³/mol. The molecule has 20 heavy (non-hydrogen) atoms. The van der Waals surface area contributed by atoms with Gasteiger partial charge in [-0.3, -0.25) is 0 Å².